The van der Waals surface area contributed by atoms with E-state index in [-0.39, 0.29) is 17.7 Å². The molecule has 0 spiro atoms. The van der Waals surface area contributed by atoms with Gasteiger partial charge in [0.15, 0.2) is 9.84 Å². The number of nitrogens with one attached hydrogen (secondary N) is 1. The van der Waals surface area contributed by atoms with Gasteiger partial charge < -0.3 is 10.2 Å². The number of hydrogen-bond acceptors (Lipinski definition) is 4. The van der Waals surface area contributed by atoms with Crippen molar-refractivity contribution in [3.05, 3.63) is 0 Å². The summed E-state index contributed by atoms with van der Waals surface area (Å²) in [5.74, 6) is 0.0000505. The first-order valence-electron chi connectivity index (χ1n) is 7.29. The highest BCUT2D eigenvalue weighted by molar-refractivity contribution is 7.92. The minimum absolute atomic E-state index is 0.156. The molecular weight excluding hydrogens is 264 g/mol. The Morgan fingerprint density at radius 2 is 2.05 bits per heavy atom. The first kappa shape index (κ1) is 14.8. The molecule has 2 fully saturated rings. The predicted octanol–water partition coefficient (Wildman–Crippen LogP) is 0.554. The lowest BCUT2D eigenvalue weighted by Gasteiger charge is -2.36. The Morgan fingerprint density at radius 1 is 1.26 bits per heavy atom. The van der Waals surface area contributed by atoms with Crippen molar-refractivity contribution in [1.82, 2.24) is 10.2 Å². The summed E-state index contributed by atoms with van der Waals surface area (Å²) in [5, 5.41) is 2.50. The molecule has 0 aliphatic carbocycles. The lowest BCUT2D eigenvalue weighted by atomic mass is 10.0. The molecular formula is C13H24N2O3S. The second kappa shape index (κ2) is 6.22. The average Bonchev–Trinajstić information content (AvgIpc) is 2.40. The summed E-state index contributed by atoms with van der Waals surface area (Å²) in [6.07, 6.45) is 4.06. The number of piperidine rings is 1. The molecule has 2 saturated heterocycles. The van der Waals surface area contributed by atoms with Gasteiger partial charge in [0.1, 0.15) is 5.25 Å². The highest BCUT2D eigenvalue weighted by Gasteiger charge is 2.39. The van der Waals surface area contributed by atoms with E-state index in [9.17, 15) is 13.2 Å². The fourth-order valence-corrected chi connectivity index (χ4v) is 4.97. The van der Waals surface area contributed by atoms with Gasteiger partial charge >= 0.3 is 0 Å². The van der Waals surface area contributed by atoms with Crippen LogP contribution in [-0.4, -0.2) is 55.9 Å². The molecule has 0 aromatic carbocycles. The summed E-state index contributed by atoms with van der Waals surface area (Å²) in [6, 6.07) is 0.156. The van der Waals surface area contributed by atoms with Gasteiger partial charge in [-0.15, -0.1) is 0 Å². The summed E-state index contributed by atoms with van der Waals surface area (Å²) < 4.78 is 24.1. The summed E-state index contributed by atoms with van der Waals surface area (Å²) >= 11 is 0. The van der Waals surface area contributed by atoms with Gasteiger partial charge in [0.2, 0.25) is 5.91 Å². The highest BCUT2D eigenvalue weighted by Crippen LogP contribution is 2.23. The monoisotopic (exact) mass is 288 g/mol. The van der Waals surface area contributed by atoms with Gasteiger partial charge in [-0.2, -0.15) is 0 Å². The molecule has 0 saturated carbocycles. The molecule has 2 rings (SSSR count). The molecule has 5 nitrogen and oxygen atoms in total. The van der Waals surface area contributed by atoms with Crippen LogP contribution in [0.4, 0.5) is 0 Å². The third-order valence-corrected chi connectivity index (χ3v) is 6.35. The van der Waals surface area contributed by atoms with Gasteiger partial charge in [-0.05, 0) is 39.2 Å². The number of amides is 1. The Hall–Kier alpha value is -0.620. The van der Waals surface area contributed by atoms with E-state index in [0.29, 0.717) is 19.4 Å². The van der Waals surface area contributed by atoms with Crippen molar-refractivity contribution in [3.8, 4) is 0 Å². The van der Waals surface area contributed by atoms with Crippen molar-refractivity contribution in [2.45, 2.75) is 50.3 Å². The molecule has 2 heterocycles. The molecule has 1 N–H and O–H groups in total. The van der Waals surface area contributed by atoms with E-state index in [1.807, 2.05) is 6.92 Å². The molecule has 2 aliphatic rings. The molecule has 2 atom stereocenters. The van der Waals surface area contributed by atoms with Crippen LogP contribution in [0, 0.1) is 0 Å². The fraction of sp³-hybridized carbons (Fsp3) is 0.923. The smallest absolute Gasteiger partial charge is 0.241 e. The predicted molar refractivity (Wildman–Crippen MR) is 74.7 cm³/mol. The van der Waals surface area contributed by atoms with E-state index in [4.69, 9.17) is 0 Å². The minimum atomic E-state index is -3.23. The molecule has 2 unspecified atom stereocenters. The second-order valence-electron chi connectivity index (χ2n) is 5.48. The van der Waals surface area contributed by atoms with Crippen molar-refractivity contribution in [1.29, 1.82) is 0 Å². The summed E-state index contributed by atoms with van der Waals surface area (Å²) in [7, 11) is -3.23. The average molecular weight is 288 g/mol. The van der Waals surface area contributed by atoms with Crippen molar-refractivity contribution in [3.63, 3.8) is 0 Å². The van der Waals surface area contributed by atoms with E-state index in [0.717, 1.165) is 32.4 Å². The van der Waals surface area contributed by atoms with Gasteiger partial charge in [0, 0.05) is 19.1 Å². The summed E-state index contributed by atoms with van der Waals surface area (Å²) in [6.45, 7) is 4.30. The Balaban J connectivity index is 2.11. The van der Waals surface area contributed by atoms with Crippen molar-refractivity contribution in [2.75, 3.05) is 25.4 Å². The Morgan fingerprint density at radius 3 is 2.63 bits per heavy atom. The number of carbonyl (C=O) groups excluding carboxylic acids is 1. The van der Waals surface area contributed by atoms with Crippen molar-refractivity contribution in [2.24, 2.45) is 0 Å². The molecule has 1 amide bonds. The SMILES string of the molecule is CCN(C(=O)C1CCCCS1(=O)=O)C1CCCNC1. The van der Waals surface area contributed by atoms with Gasteiger partial charge in [0.25, 0.3) is 0 Å². The number of hydrogen-bond donors (Lipinski definition) is 1. The van der Waals surface area contributed by atoms with Crippen LogP contribution < -0.4 is 5.32 Å². The lowest BCUT2D eigenvalue weighted by Crippen LogP contribution is -2.53. The van der Waals surface area contributed by atoms with Crippen LogP contribution in [0.2, 0.25) is 0 Å². The van der Waals surface area contributed by atoms with Crippen LogP contribution in [0.15, 0.2) is 0 Å². The standard InChI is InChI=1S/C13H24N2O3S/c1-2-15(11-6-5-8-14-10-11)13(16)12-7-3-4-9-19(12,17)18/h11-12,14H,2-10H2,1H3. The van der Waals surface area contributed by atoms with Crippen LogP contribution >= 0.6 is 0 Å². The lowest BCUT2D eigenvalue weighted by molar-refractivity contribution is -0.133. The molecule has 6 heteroatoms. The summed E-state index contributed by atoms with van der Waals surface area (Å²) in [4.78, 5) is 14.3. The van der Waals surface area contributed by atoms with Crippen LogP contribution in [0.1, 0.15) is 39.0 Å². The molecule has 0 aromatic rings. The molecule has 0 bridgehead atoms. The van der Waals surface area contributed by atoms with Crippen LogP contribution in [0.25, 0.3) is 0 Å². The molecule has 19 heavy (non-hydrogen) atoms. The minimum Gasteiger partial charge on any atom is -0.338 e. The Labute approximate surface area is 115 Å². The quantitative estimate of drug-likeness (QED) is 0.824. The fourth-order valence-electron chi connectivity index (χ4n) is 3.11. The van der Waals surface area contributed by atoms with Crippen LogP contribution in [-0.2, 0) is 14.6 Å². The maximum Gasteiger partial charge on any atom is 0.241 e. The highest BCUT2D eigenvalue weighted by atomic mass is 32.2. The maximum absolute atomic E-state index is 12.6. The maximum atomic E-state index is 12.6. The largest absolute Gasteiger partial charge is 0.338 e. The molecule has 110 valence electrons. The molecule has 2 aliphatic heterocycles. The third kappa shape index (κ3) is 3.28. The first-order chi connectivity index (χ1) is 9.06. The van der Waals surface area contributed by atoms with Gasteiger partial charge in [-0.1, -0.05) is 6.42 Å². The topological polar surface area (TPSA) is 66.5 Å². The van der Waals surface area contributed by atoms with Crippen molar-refractivity contribution >= 4 is 15.7 Å². The van der Waals surface area contributed by atoms with Crippen LogP contribution in [0.5, 0.6) is 0 Å². The zero-order chi connectivity index (χ0) is 13.9. The van der Waals surface area contributed by atoms with Crippen LogP contribution in [0.3, 0.4) is 0 Å². The van der Waals surface area contributed by atoms with E-state index in [1.165, 1.54) is 0 Å². The Kier molecular flexibility index (Phi) is 4.84. The number of sulfone groups is 1. The number of nitrogens with zero attached hydrogens (tertiary/aromatic N) is 1. The number of carbonyl (C=O) groups is 1. The first-order valence-corrected chi connectivity index (χ1v) is 9.00. The molecule has 0 radical (unpaired) electrons. The van der Waals surface area contributed by atoms with Gasteiger partial charge in [-0.3, -0.25) is 4.79 Å². The van der Waals surface area contributed by atoms with E-state index in [2.05, 4.69) is 5.32 Å². The zero-order valence-corrected chi connectivity index (χ0v) is 12.4. The number of likely N-dealkylation sites (N-methyl/N-ethyl adjacent to an activating group) is 1. The normalized spacial score (nSPS) is 30.8. The molecule has 0 aromatic heterocycles. The van der Waals surface area contributed by atoms with E-state index < -0.39 is 15.1 Å². The van der Waals surface area contributed by atoms with Crippen molar-refractivity contribution < 1.29 is 13.2 Å². The zero-order valence-electron chi connectivity index (χ0n) is 11.6. The van der Waals surface area contributed by atoms with E-state index in [1.54, 1.807) is 4.90 Å². The second-order valence-corrected chi connectivity index (χ2v) is 7.78. The number of rotatable bonds is 3. The van der Waals surface area contributed by atoms with Gasteiger partial charge in [-0.25, -0.2) is 8.42 Å². The van der Waals surface area contributed by atoms with E-state index >= 15 is 0 Å². The van der Waals surface area contributed by atoms with Gasteiger partial charge in [0.05, 0.1) is 5.75 Å². The third-order valence-electron chi connectivity index (χ3n) is 4.19. The summed E-state index contributed by atoms with van der Waals surface area (Å²) in [5.41, 5.74) is 0. The Bertz CT molecular complexity index is 416.